The van der Waals surface area contributed by atoms with Gasteiger partial charge in [-0.05, 0) is 12.5 Å². The molecule has 0 aliphatic heterocycles. The Bertz CT molecular complexity index is 309. The molecule has 1 N–H and O–H groups in total. The largest absolute Gasteiger partial charge is 0.349 e. The normalized spacial score (nSPS) is 9.62. The lowest BCUT2D eigenvalue weighted by molar-refractivity contribution is 0.0958. The van der Waals surface area contributed by atoms with Crippen LogP contribution in [0.4, 0.5) is 0 Å². The van der Waals surface area contributed by atoms with Gasteiger partial charge in [-0.3, -0.25) is 4.79 Å². The van der Waals surface area contributed by atoms with Crippen LogP contribution in [0.1, 0.15) is 23.6 Å². The summed E-state index contributed by atoms with van der Waals surface area (Å²) in [5.41, 5.74) is 0.753. The van der Waals surface area contributed by atoms with Crippen molar-refractivity contribution in [2.24, 2.45) is 0 Å². The number of rotatable bonds is 4. The molecule has 72 valence electrons. The SMILES string of the molecule is C=CCNC(=O)c1csc(CC)c1.[HH]. The fraction of sp³-hybridized carbons (Fsp3) is 0.300. The van der Waals surface area contributed by atoms with E-state index in [1.807, 2.05) is 11.4 Å². The van der Waals surface area contributed by atoms with E-state index >= 15 is 0 Å². The van der Waals surface area contributed by atoms with E-state index in [4.69, 9.17) is 0 Å². The highest BCUT2D eigenvalue weighted by Crippen LogP contribution is 2.14. The van der Waals surface area contributed by atoms with E-state index in [1.54, 1.807) is 17.4 Å². The third kappa shape index (κ3) is 2.70. The minimum Gasteiger partial charge on any atom is -0.349 e. The molecule has 0 aromatic carbocycles. The van der Waals surface area contributed by atoms with E-state index in [9.17, 15) is 4.79 Å². The zero-order valence-corrected chi connectivity index (χ0v) is 8.49. The minimum atomic E-state index is -0.0177. The lowest BCUT2D eigenvalue weighted by Gasteiger charge is -1.97. The van der Waals surface area contributed by atoms with E-state index in [-0.39, 0.29) is 7.33 Å². The number of carbonyl (C=O) groups is 1. The smallest absolute Gasteiger partial charge is 0.252 e. The van der Waals surface area contributed by atoms with Gasteiger partial charge in [0.1, 0.15) is 0 Å². The van der Waals surface area contributed by atoms with Gasteiger partial charge in [0.25, 0.3) is 5.91 Å². The van der Waals surface area contributed by atoms with Crippen LogP contribution in [0.3, 0.4) is 0 Å². The number of carbonyl (C=O) groups excluding carboxylic acids is 1. The second kappa shape index (κ2) is 4.82. The Morgan fingerprint density at radius 2 is 2.62 bits per heavy atom. The predicted octanol–water partition coefficient (Wildman–Crippen LogP) is 2.47. The molecule has 1 aromatic heterocycles. The maximum absolute atomic E-state index is 11.4. The van der Waals surface area contributed by atoms with E-state index in [0.29, 0.717) is 6.54 Å². The molecule has 0 bridgehead atoms. The Labute approximate surface area is 83.8 Å². The van der Waals surface area contributed by atoms with Gasteiger partial charge < -0.3 is 5.32 Å². The maximum atomic E-state index is 11.4. The van der Waals surface area contributed by atoms with E-state index < -0.39 is 0 Å². The molecule has 1 rings (SSSR count). The molecule has 1 heterocycles. The van der Waals surface area contributed by atoms with Gasteiger partial charge in [0.15, 0.2) is 0 Å². The summed E-state index contributed by atoms with van der Waals surface area (Å²) in [7, 11) is 0. The molecule has 0 aliphatic carbocycles. The average molecular weight is 197 g/mol. The highest BCUT2D eigenvalue weighted by atomic mass is 32.1. The van der Waals surface area contributed by atoms with Gasteiger partial charge in [0.2, 0.25) is 0 Å². The van der Waals surface area contributed by atoms with Crippen molar-refractivity contribution >= 4 is 17.2 Å². The number of nitrogens with one attached hydrogen (secondary N) is 1. The first-order valence-corrected chi connectivity index (χ1v) is 5.12. The lowest BCUT2D eigenvalue weighted by Crippen LogP contribution is -2.22. The highest BCUT2D eigenvalue weighted by molar-refractivity contribution is 7.10. The monoisotopic (exact) mass is 197 g/mol. The van der Waals surface area contributed by atoms with Gasteiger partial charge in [0, 0.05) is 18.2 Å². The van der Waals surface area contributed by atoms with Crippen LogP contribution in [-0.4, -0.2) is 12.5 Å². The molecule has 1 amide bonds. The van der Waals surface area contributed by atoms with E-state index in [0.717, 1.165) is 12.0 Å². The molecular weight excluding hydrogens is 182 g/mol. The first-order chi connectivity index (χ1) is 6.27. The molecule has 1 aromatic rings. The second-order valence-corrected chi connectivity index (χ2v) is 3.65. The molecule has 13 heavy (non-hydrogen) atoms. The summed E-state index contributed by atoms with van der Waals surface area (Å²) in [6.45, 7) is 6.14. The van der Waals surface area contributed by atoms with Crippen molar-refractivity contribution in [3.63, 3.8) is 0 Å². The molecule has 0 radical (unpaired) electrons. The second-order valence-electron chi connectivity index (χ2n) is 2.65. The van der Waals surface area contributed by atoms with Crippen molar-refractivity contribution in [2.45, 2.75) is 13.3 Å². The van der Waals surface area contributed by atoms with Gasteiger partial charge in [-0.15, -0.1) is 17.9 Å². The van der Waals surface area contributed by atoms with Gasteiger partial charge in [0.05, 0.1) is 5.56 Å². The van der Waals surface area contributed by atoms with Crippen LogP contribution in [0.15, 0.2) is 24.1 Å². The summed E-state index contributed by atoms with van der Waals surface area (Å²) in [6.07, 6.45) is 2.66. The Morgan fingerprint density at radius 1 is 1.85 bits per heavy atom. The summed E-state index contributed by atoms with van der Waals surface area (Å²) in [5.74, 6) is -0.0177. The van der Waals surface area contributed by atoms with Crippen LogP contribution >= 0.6 is 11.3 Å². The topological polar surface area (TPSA) is 29.1 Å². The molecule has 0 spiro atoms. The van der Waals surface area contributed by atoms with Crippen molar-refractivity contribution in [2.75, 3.05) is 6.54 Å². The molecule has 3 heteroatoms. The summed E-state index contributed by atoms with van der Waals surface area (Å²) >= 11 is 1.62. The third-order valence-electron chi connectivity index (χ3n) is 1.67. The number of thiophene rings is 1. The summed E-state index contributed by atoms with van der Waals surface area (Å²) < 4.78 is 0. The van der Waals surface area contributed by atoms with Gasteiger partial charge in [-0.1, -0.05) is 13.0 Å². The molecule has 0 unspecified atom stereocenters. The Balaban J connectivity index is 0.00000169. The predicted molar refractivity (Wildman–Crippen MR) is 58.3 cm³/mol. The van der Waals surface area contributed by atoms with Crippen molar-refractivity contribution in [1.82, 2.24) is 5.32 Å². The number of aryl methyl sites for hydroxylation is 1. The highest BCUT2D eigenvalue weighted by Gasteiger charge is 2.05. The number of hydrogen-bond donors (Lipinski definition) is 1. The summed E-state index contributed by atoms with van der Waals surface area (Å²) in [4.78, 5) is 12.6. The summed E-state index contributed by atoms with van der Waals surface area (Å²) in [6, 6.07) is 1.93. The Kier molecular flexibility index (Phi) is 3.71. The Morgan fingerprint density at radius 3 is 3.15 bits per heavy atom. The Hall–Kier alpha value is -1.09. The zero-order chi connectivity index (χ0) is 9.68. The van der Waals surface area contributed by atoms with Gasteiger partial charge in [-0.2, -0.15) is 0 Å². The maximum Gasteiger partial charge on any atom is 0.252 e. The van der Waals surface area contributed by atoms with Crippen LogP contribution < -0.4 is 5.32 Å². The van der Waals surface area contributed by atoms with Crippen molar-refractivity contribution < 1.29 is 6.22 Å². The average Bonchev–Trinajstić information content (AvgIpc) is 2.62. The summed E-state index contributed by atoms with van der Waals surface area (Å²) in [5, 5.41) is 4.62. The van der Waals surface area contributed by atoms with Crippen LogP contribution in [0.25, 0.3) is 0 Å². The first-order valence-electron chi connectivity index (χ1n) is 4.24. The van der Waals surface area contributed by atoms with Crippen LogP contribution in [-0.2, 0) is 6.42 Å². The third-order valence-corrected chi connectivity index (χ3v) is 2.75. The van der Waals surface area contributed by atoms with Gasteiger partial charge in [-0.25, -0.2) is 0 Å². The number of hydrogen-bond acceptors (Lipinski definition) is 2. The number of amides is 1. The van der Waals surface area contributed by atoms with Gasteiger partial charge >= 0.3 is 0 Å². The van der Waals surface area contributed by atoms with Crippen LogP contribution in [0.2, 0.25) is 0 Å². The molecule has 0 aliphatic rings. The minimum absolute atomic E-state index is 0. The fourth-order valence-electron chi connectivity index (χ4n) is 0.952. The molecule has 0 saturated carbocycles. The van der Waals surface area contributed by atoms with E-state index in [2.05, 4.69) is 18.8 Å². The molecule has 2 nitrogen and oxygen atoms in total. The van der Waals surface area contributed by atoms with Crippen molar-refractivity contribution in [1.29, 1.82) is 0 Å². The molecule has 0 atom stereocenters. The van der Waals surface area contributed by atoms with Crippen molar-refractivity contribution in [3.8, 4) is 0 Å². The standard InChI is InChI=1S/C10H13NOS.H2/c1-3-5-11-10(12)8-6-9(4-2)13-7-8;/h3,6-7H,1,4-5H2,2H3,(H,11,12);1H. The molecule has 0 saturated heterocycles. The first kappa shape index (κ1) is 9.99. The van der Waals surface area contributed by atoms with Crippen LogP contribution in [0.5, 0.6) is 0 Å². The fourth-order valence-corrected chi connectivity index (χ4v) is 1.77. The zero-order valence-electron chi connectivity index (χ0n) is 7.67. The van der Waals surface area contributed by atoms with E-state index in [1.165, 1.54) is 4.88 Å². The molecule has 0 fully saturated rings. The van der Waals surface area contributed by atoms with Crippen molar-refractivity contribution in [3.05, 3.63) is 34.5 Å². The quantitative estimate of drug-likeness (QED) is 0.738. The lowest BCUT2D eigenvalue weighted by atomic mass is 10.2. The van der Waals surface area contributed by atoms with Crippen LogP contribution in [0, 0.1) is 0 Å². The molecular formula is C10H15NOS.